The third kappa shape index (κ3) is 7.88. The van der Waals surface area contributed by atoms with E-state index in [1.165, 1.54) is 0 Å². The lowest BCUT2D eigenvalue weighted by Crippen LogP contribution is -2.46. The molecule has 40 heavy (non-hydrogen) atoms. The van der Waals surface area contributed by atoms with Crippen molar-refractivity contribution in [2.75, 3.05) is 5.32 Å². The number of carbonyl (C=O) groups is 4. The molecule has 0 aromatic heterocycles. The molecule has 3 amide bonds. The Morgan fingerprint density at radius 1 is 0.650 bits per heavy atom. The van der Waals surface area contributed by atoms with Gasteiger partial charge in [-0.25, -0.2) is 0 Å². The van der Waals surface area contributed by atoms with Crippen LogP contribution >= 0.6 is 0 Å². The minimum Gasteiger partial charge on any atom is -0.481 e. The molecule has 0 spiro atoms. The minimum atomic E-state index is -1.05. The molecular formula is C32H29N3O5. The highest BCUT2D eigenvalue weighted by molar-refractivity contribution is 6.04. The van der Waals surface area contributed by atoms with Crippen LogP contribution in [0, 0.1) is 0 Å². The first-order valence-corrected chi connectivity index (χ1v) is 12.8. The molecule has 8 heteroatoms. The Labute approximate surface area is 232 Å². The van der Waals surface area contributed by atoms with Crippen LogP contribution in [0.5, 0.6) is 0 Å². The molecule has 0 aliphatic heterocycles. The van der Waals surface area contributed by atoms with E-state index in [1.54, 1.807) is 60.7 Å². The van der Waals surface area contributed by atoms with Crippen molar-refractivity contribution in [3.8, 4) is 11.1 Å². The summed E-state index contributed by atoms with van der Waals surface area (Å²) in [6.07, 6.45) is -0.294. The molecule has 4 N–H and O–H groups in total. The summed E-state index contributed by atoms with van der Waals surface area (Å²) in [5.74, 6) is -2.17. The zero-order valence-corrected chi connectivity index (χ0v) is 21.7. The topological polar surface area (TPSA) is 125 Å². The standard InChI is InChI=1S/C32H29N3O5/c36-29(37)20-19-28(32(40)33-21-22-7-3-1-4-8-22)35-31(39)26-13-11-23(12-14-26)24-15-17-27(18-16-24)34-30(38)25-9-5-2-6-10-25/h1-18,28H,19-21H2,(H,33,40)(H,34,38)(H,35,39)(H,36,37)/t28-/m0/s1. The van der Waals surface area contributed by atoms with E-state index in [0.717, 1.165) is 16.7 Å². The lowest BCUT2D eigenvalue weighted by molar-refractivity contribution is -0.137. The van der Waals surface area contributed by atoms with Crippen LogP contribution in [0.25, 0.3) is 11.1 Å². The fourth-order valence-corrected chi connectivity index (χ4v) is 4.04. The van der Waals surface area contributed by atoms with Gasteiger partial charge in [0.25, 0.3) is 11.8 Å². The van der Waals surface area contributed by atoms with Crippen LogP contribution in [-0.2, 0) is 16.1 Å². The number of anilines is 1. The zero-order chi connectivity index (χ0) is 28.3. The van der Waals surface area contributed by atoms with Gasteiger partial charge in [0.05, 0.1) is 0 Å². The first-order chi connectivity index (χ1) is 19.4. The molecule has 0 saturated carbocycles. The predicted octanol–water partition coefficient (Wildman–Crippen LogP) is 4.89. The summed E-state index contributed by atoms with van der Waals surface area (Å²) in [5.41, 5.74) is 4.21. The quantitative estimate of drug-likeness (QED) is 0.218. The lowest BCUT2D eigenvalue weighted by atomic mass is 10.0. The van der Waals surface area contributed by atoms with Crippen molar-refractivity contribution in [1.82, 2.24) is 10.6 Å². The van der Waals surface area contributed by atoms with Gasteiger partial charge in [0.15, 0.2) is 0 Å². The number of carboxylic acid groups (broad SMARTS) is 1. The van der Waals surface area contributed by atoms with Crippen molar-refractivity contribution in [1.29, 1.82) is 0 Å². The summed E-state index contributed by atoms with van der Waals surface area (Å²) in [6, 6.07) is 31.5. The number of nitrogens with one attached hydrogen (secondary N) is 3. The summed E-state index contributed by atoms with van der Waals surface area (Å²) >= 11 is 0. The maximum atomic E-state index is 12.9. The molecule has 0 aliphatic carbocycles. The summed E-state index contributed by atoms with van der Waals surface area (Å²) in [4.78, 5) is 49.1. The average molecular weight is 536 g/mol. The molecule has 0 bridgehead atoms. The van der Waals surface area contributed by atoms with Crippen LogP contribution in [0.15, 0.2) is 109 Å². The summed E-state index contributed by atoms with van der Waals surface area (Å²) in [7, 11) is 0. The van der Waals surface area contributed by atoms with E-state index in [1.807, 2.05) is 48.5 Å². The average Bonchev–Trinajstić information content (AvgIpc) is 2.99. The normalized spacial score (nSPS) is 11.2. The highest BCUT2D eigenvalue weighted by Crippen LogP contribution is 2.22. The fraction of sp³-hybridized carbons (Fsp3) is 0.125. The Hall–Kier alpha value is -5.24. The third-order valence-electron chi connectivity index (χ3n) is 6.24. The fourth-order valence-electron chi connectivity index (χ4n) is 4.04. The van der Waals surface area contributed by atoms with E-state index in [2.05, 4.69) is 16.0 Å². The largest absolute Gasteiger partial charge is 0.481 e. The molecule has 0 heterocycles. The summed E-state index contributed by atoms with van der Waals surface area (Å²) < 4.78 is 0. The first kappa shape index (κ1) is 27.8. The molecule has 8 nitrogen and oxygen atoms in total. The smallest absolute Gasteiger partial charge is 0.303 e. The zero-order valence-electron chi connectivity index (χ0n) is 21.7. The van der Waals surface area contributed by atoms with Crippen LogP contribution in [-0.4, -0.2) is 34.8 Å². The van der Waals surface area contributed by atoms with Crippen molar-refractivity contribution >= 4 is 29.4 Å². The highest BCUT2D eigenvalue weighted by atomic mass is 16.4. The van der Waals surface area contributed by atoms with Gasteiger partial charge >= 0.3 is 5.97 Å². The van der Waals surface area contributed by atoms with Crippen LogP contribution in [0.4, 0.5) is 5.69 Å². The van der Waals surface area contributed by atoms with Crippen molar-refractivity contribution in [2.24, 2.45) is 0 Å². The molecule has 0 saturated heterocycles. The van der Waals surface area contributed by atoms with E-state index in [4.69, 9.17) is 5.11 Å². The number of carboxylic acids is 1. The maximum Gasteiger partial charge on any atom is 0.303 e. The number of rotatable bonds is 11. The van der Waals surface area contributed by atoms with E-state index in [-0.39, 0.29) is 25.3 Å². The van der Waals surface area contributed by atoms with Gasteiger partial charge in [-0.2, -0.15) is 0 Å². The van der Waals surface area contributed by atoms with E-state index in [0.29, 0.717) is 16.8 Å². The molecule has 202 valence electrons. The van der Waals surface area contributed by atoms with Gasteiger partial charge in [-0.3, -0.25) is 19.2 Å². The van der Waals surface area contributed by atoms with Crippen LogP contribution in [0.2, 0.25) is 0 Å². The summed E-state index contributed by atoms with van der Waals surface area (Å²) in [5, 5.41) is 17.4. The molecule has 4 aromatic rings. The number of carbonyl (C=O) groups excluding carboxylic acids is 3. The van der Waals surface area contributed by atoms with Gasteiger partial charge < -0.3 is 21.1 Å². The maximum absolute atomic E-state index is 12.9. The van der Waals surface area contributed by atoms with Gasteiger partial charge in [-0.15, -0.1) is 0 Å². The summed E-state index contributed by atoms with van der Waals surface area (Å²) in [6.45, 7) is 0.266. The van der Waals surface area contributed by atoms with Crippen LogP contribution in [0.1, 0.15) is 39.1 Å². The second-order valence-corrected chi connectivity index (χ2v) is 9.14. The second kappa shape index (κ2) is 13.5. The monoisotopic (exact) mass is 535 g/mol. The van der Waals surface area contributed by atoms with Gasteiger partial charge in [0.2, 0.25) is 5.91 Å². The van der Waals surface area contributed by atoms with Gasteiger partial charge in [-0.1, -0.05) is 72.8 Å². The van der Waals surface area contributed by atoms with E-state index < -0.39 is 23.8 Å². The lowest BCUT2D eigenvalue weighted by Gasteiger charge is -2.18. The Bertz CT molecular complexity index is 1450. The van der Waals surface area contributed by atoms with Crippen LogP contribution in [0.3, 0.4) is 0 Å². The van der Waals surface area contributed by atoms with Crippen molar-refractivity contribution in [3.63, 3.8) is 0 Å². The minimum absolute atomic E-state index is 0.0348. The van der Waals surface area contributed by atoms with Gasteiger partial charge in [-0.05, 0) is 59.5 Å². The second-order valence-electron chi connectivity index (χ2n) is 9.14. The van der Waals surface area contributed by atoms with Crippen LogP contribution < -0.4 is 16.0 Å². The highest BCUT2D eigenvalue weighted by Gasteiger charge is 2.22. The molecule has 0 aliphatic rings. The molecule has 0 radical (unpaired) electrons. The molecule has 1 atom stereocenters. The first-order valence-electron chi connectivity index (χ1n) is 12.8. The van der Waals surface area contributed by atoms with Gasteiger partial charge in [0.1, 0.15) is 6.04 Å². The molecule has 4 rings (SSSR count). The number of benzene rings is 4. The molecule has 0 fully saturated rings. The SMILES string of the molecule is O=C(O)CC[C@H](NC(=O)c1ccc(-c2ccc(NC(=O)c3ccccc3)cc2)cc1)C(=O)NCc1ccccc1. The Morgan fingerprint density at radius 3 is 1.80 bits per heavy atom. The predicted molar refractivity (Wildman–Crippen MR) is 153 cm³/mol. The van der Waals surface area contributed by atoms with E-state index in [9.17, 15) is 19.2 Å². The molecule has 4 aromatic carbocycles. The van der Waals surface area contributed by atoms with Crippen molar-refractivity contribution in [2.45, 2.75) is 25.4 Å². The Balaban J connectivity index is 1.37. The van der Waals surface area contributed by atoms with E-state index >= 15 is 0 Å². The number of hydrogen-bond donors (Lipinski definition) is 4. The van der Waals surface area contributed by atoms with Crippen molar-refractivity contribution in [3.05, 3.63) is 126 Å². The Kier molecular flexibility index (Phi) is 9.39. The number of amides is 3. The number of hydrogen-bond acceptors (Lipinski definition) is 4. The molecule has 0 unspecified atom stereocenters. The Morgan fingerprint density at radius 2 is 1.20 bits per heavy atom. The van der Waals surface area contributed by atoms with Crippen molar-refractivity contribution < 1.29 is 24.3 Å². The number of aliphatic carboxylic acids is 1. The van der Waals surface area contributed by atoms with Gasteiger partial charge in [0, 0.05) is 29.8 Å². The molecular weight excluding hydrogens is 506 g/mol. The third-order valence-corrected chi connectivity index (χ3v) is 6.24.